The molecular formula is C9H10ClNO2. The molecule has 0 saturated heterocycles. The SMILES string of the molecule is CCc1cnc(C(=O)OC)c(Cl)c1. The Bertz CT molecular complexity index is 325. The first kappa shape index (κ1) is 9.99. The number of carbonyl (C=O) groups is 1. The van der Waals surface area contributed by atoms with Crippen LogP contribution >= 0.6 is 11.6 Å². The maximum atomic E-state index is 11.1. The number of hydrogen-bond acceptors (Lipinski definition) is 3. The number of rotatable bonds is 2. The maximum Gasteiger partial charge on any atom is 0.358 e. The number of ether oxygens (including phenoxy) is 1. The molecule has 0 aliphatic carbocycles. The van der Waals surface area contributed by atoms with Gasteiger partial charge in [0.05, 0.1) is 12.1 Å². The van der Waals surface area contributed by atoms with Crippen LogP contribution in [0.3, 0.4) is 0 Å². The molecule has 0 aliphatic rings. The molecule has 0 radical (unpaired) electrons. The van der Waals surface area contributed by atoms with Crippen molar-refractivity contribution in [1.82, 2.24) is 4.98 Å². The molecule has 0 aromatic carbocycles. The normalized spacial score (nSPS) is 9.77. The van der Waals surface area contributed by atoms with Crippen molar-refractivity contribution in [2.45, 2.75) is 13.3 Å². The molecule has 1 heterocycles. The number of pyridine rings is 1. The zero-order valence-corrected chi connectivity index (χ0v) is 8.26. The van der Waals surface area contributed by atoms with Gasteiger partial charge in [0.25, 0.3) is 0 Å². The predicted octanol–water partition coefficient (Wildman–Crippen LogP) is 2.08. The Kier molecular flexibility index (Phi) is 3.25. The minimum atomic E-state index is -0.507. The van der Waals surface area contributed by atoms with Crippen LogP contribution in [0.1, 0.15) is 23.0 Å². The zero-order chi connectivity index (χ0) is 9.84. The van der Waals surface area contributed by atoms with E-state index in [1.165, 1.54) is 7.11 Å². The average molecular weight is 200 g/mol. The van der Waals surface area contributed by atoms with Crippen LogP contribution in [-0.2, 0) is 11.2 Å². The summed E-state index contributed by atoms with van der Waals surface area (Å²) in [4.78, 5) is 15.0. The number of halogens is 1. The van der Waals surface area contributed by atoms with Gasteiger partial charge in [-0.25, -0.2) is 9.78 Å². The van der Waals surface area contributed by atoms with Crippen LogP contribution in [0, 0.1) is 0 Å². The molecule has 1 aromatic rings. The minimum Gasteiger partial charge on any atom is -0.464 e. The lowest BCUT2D eigenvalue weighted by Crippen LogP contribution is -2.05. The topological polar surface area (TPSA) is 39.2 Å². The Morgan fingerprint density at radius 2 is 2.38 bits per heavy atom. The van der Waals surface area contributed by atoms with Crippen molar-refractivity contribution < 1.29 is 9.53 Å². The van der Waals surface area contributed by atoms with Gasteiger partial charge in [-0.3, -0.25) is 0 Å². The number of nitrogens with zero attached hydrogens (tertiary/aromatic N) is 1. The van der Waals surface area contributed by atoms with Gasteiger partial charge in [0.1, 0.15) is 0 Å². The molecule has 0 aliphatic heterocycles. The lowest BCUT2D eigenvalue weighted by molar-refractivity contribution is 0.0594. The molecule has 4 heteroatoms. The van der Waals surface area contributed by atoms with Gasteiger partial charge in [-0.15, -0.1) is 0 Å². The first-order valence-electron chi connectivity index (χ1n) is 3.91. The van der Waals surface area contributed by atoms with E-state index in [1.54, 1.807) is 12.3 Å². The molecule has 0 bridgehead atoms. The molecule has 0 N–H and O–H groups in total. The molecule has 70 valence electrons. The van der Waals surface area contributed by atoms with Gasteiger partial charge in [0.15, 0.2) is 5.69 Å². The average Bonchev–Trinajstić information content (AvgIpc) is 2.16. The Hall–Kier alpha value is -1.09. The number of methoxy groups -OCH3 is 1. The Labute approximate surface area is 81.7 Å². The fourth-order valence-corrected chi connectivity index (χ4v) is 1.18. The van der Waals surface area contributed by atoms with E-state index in [2.05, 4.69) is 9.72 Å². The van der Waals surface area contributed by atoms with Gasteiger partial charge in [-0.1, -0.05) is 18.5 Å². The molecule has 3 nitrogen and oxygen atoms in total. The number of aryl methyl sites for hydroxylation is 1. The molecule has 0 unspecified atom stereocenters. The van der Waals surface area contributed by atoms with Crippen LogP contribution in [-0.4, -0.2) is 18.1 Å². The van der Waals surface area contributed by atoms with E-state index in [0.29, 0.717) is 5.02 Å². The molecular weight excluding hydrogens is 190 g/mol. The highest BCUT2D eigenvalue weighted by molar-refractivity contribution is 6.33. The van der Waals surface area contributed by atoms with Crippen LogP contribution < -0.4 is 0 Å². The van der Waals surface area contributed by atoms with E-state index in [0.717, 1.165) is 12.0 Å². The van der Waals surface area contributed by atoms with E-state index < -0.39 is 5.97 Å². The van der Waals surface area contributed by atoms with Gasteiger partial charge in [-0.2, -0.15) is 0 Å². The number of hydrogen-bond donors (Lipinski definition) is 0. The smallest absolute Gasteiger partial charge is 0.358 e. The molecule has 0 atom stereocenters. The summed E-state index contributed by atoms with van der Waals surface area (Å²) < 4.78 is 4.50. The van der Waals surface area contributed by atoms with E-state index in [-0.39, 0.29) is 5.69 Å². The van der Waals surface area contributed by atoms with Gasteiger partial charge in [-0.05, 0) is 18.1 Å². The Balaban J connectivity index is 3.05. The molecule has 1 aromatic heterocycles. The van der Waals surface area contributed by atoms with Crippen LogP contribution in [0.4, 0.5) is 0 Å². The van der Waals surface area contributed by atoms with Crippen LogP contribution in [0.25, 0.3) is 0 Å². The first-order valence-corrected chi connectivity index (χ1v) is 4.29. The molecule has 1 rings (SSSR count). The van der Waals surface area contributed by atoms with E-state index >= 15 is 0 Å². The van der Waals surface area contributed by atoms with Crippen LogP contribution in [0.15, 0.2) is 12.3 Å². The molecule has 0 amide bonds. The third-order valence-corrected chi connectivity index (χ3v) is 1.97. The Morgan fingerprint density at radius 1 is 1.69 bits per heavy atom. The summed E-state index contributed by atoms with van der Waals surface area (Å²) >= 11 is 5.82. The van der Waals surface area contributed by atoms with E-state index in [1.807, 2.05) is 6.92 Å². The molecule has 0 fully saturated rings. The van der Waals surface area contributed by atoms with Gasteiger partial charge >= 0.3 is 5.97 Å². The summed E-state index contributed by atoms with van der Waals surface area (Å²) in [6, 6.07) is 1.72. The number of carbonyl (C=O) groups excluding carboxylic acids is 1. The second kappa shape index (κ2) is 4.23. The third-order valence-electron chi connectivity index (χ3n) is 1.68. The highest BCUT2D eigenvalue weighted by Gasteiger charge is 2.11. The van der Waals surface area contributed by atoms with E-state index in [9.17, 15) is 4.79 Å². The Morgan fingerprint density at radius 3 is 2.85 bits per heavy atom. The first-order chi connectivity index (χ1) is 6.19. The fourth-order valence-electron chi connectivity index (χ4n) is 0.918. The quantitative estimate of drug-likeness (QED) is 0.685. The van der Waals surface area contributed by atoms with Crippen molar-refractivity contribution >= 4 is 17.6 Å². The lowest BCUT2D eigenvalue weighted by Gasteiger charge is -2.02. The van der Waals surface area contributed by atoms with Crippen molar-refractivity contribution in [2.75, 3.05) is 7.11 Å². The number of aromatic nitrogens is 1. The van der Waals surface area contributed by atoms with Crippen LogP contribution in [0.5, 0.6) is 0 Å². The van der Waals surface area contributed by atoms with Crippen molar-refractivity contribution in [2.24, 2.45) is 0 Å². The van der Waals surface area contributed by atoms with Gasteiger partial charge in [0.2, 0.25) is 0 Å². The lowest BCUT2D eigenvalue weighted by atomic mass is 10.2. The summed E-state index contributed by atoms with van der Waals surface area (Å²) in [7, 11) is 1.30. The van der Waals surface area contributed by atoms with Gasteiger partial charge < -0.3 is 4.74 Å². The molecule has 0 saturated carbocycles. The highest BCUT2D eigenvalue weighted by atomic mass is 35.5. The summed E-state index contributed by atoms with van der Waals surface area (Å²) in [6.45, 7) is 1.99. The second-order valence-corrected chi connectivity index (χ2v) is 2.93. The summed E-state index contributed by atoms with van der Waals surface area (Å²) in [6.07, 6.45) is 2.46. The standard InChI is InChI=1S/C9H10ClNO2/c1-3-6-4-7(10)8(11-5-6)9(12)13-2/h4-5H,3H2,1-2H3. The zero-order valence-electron chi connectivity index (χ0n) is 7.50. The van der Waals surface area contributed by atoms with Gasteiger partial charge in [0, 0.05) is 6.20 Å². The maximum absolute atomic E-state index is 11.1. The second-order valence-electron chi connectivity index (χ2n) is 2.52. The summed E-state index contributed by atoms with van der Waals surface area (Å²) in [5, 5.41) is 0.339. The highest BCUT2D eigenvalue weighted by Crippen LogP contribution is 2.16. The number of esters is 1. The fraction of sp³-hybridized carbons (Fsp3) is 0.333. The summed E-state index contributed by atoms with van der Waals surface area (Å²) in [5.41, 5.74) is 1.17. The van der Waals surface area contributed by atoms with E-state index in [4.69, 9.17) is 11.6 Å². The minimum absolute atomic E-state index is 0.168. The van der Waals surface area contributed by atoms with Crippen molar-refractivity contribution in [3.05, 3.63) is 28.5 Å². The molecule has 0 spiro atoms. The van der Waals surface area contributed by atoms with Crippen molar-refractivity contribution in [3.8, 4) is 0 Å². The largest absolute Gasteiger partial charge is 0.464 e. The predicted molar refractivity (Wildman–Crippen MR) is 50.0 cm³/mol. The summed E-state index contributed by atoms with van der Waals surface area (Å²) in [5.74, 6) is -0.507. The van der Waals surface area contributed by atoms with Crippen LogP contribution in [0.2, 0.25) is 5.02 Å². The van der Waals surface area contributed by atoms with Crippen molar-refractivity contribution in [3.63, 3.8) is 0 Å². The van der Waals surface area contributed by atoms with Crippen molar-refractivity contribution in [1.29, 1.82) is 0 Å². The monoisotopic (exact) mass is 199 g/mol. The molecule has 13 heavy (non-hydrogen) atoms. The third kappa shape index (κ3) is 2.18.